The molecular weight excluding hydrogens is 294 g/mol. The molecule has 0 aromatic carbocycles. The first-order valence-electron chi connectivity index (χ1n) is 8.04. The van der Waals surface area contributed by atoms with Crippen LogP contribution in [0.15, 0.2) is 23.8 Å². The minimum atomic E-state index is 0.580. The van der Waals surface area contributed by atoms with Crippen molar-refractivity contribution < 1.29 is 0 Å². The van der Waals surface area contributed by atoms with Gasteiger partial charge in [0.1, 0.15) is 5.01 Å². The largest absolute Gasteiger partial charge is 0.297 e. The molecule has 2 aromatic heterocycles. The molecule has 1 atom stereocenters. The summed E-state index contributed by atoms with van der Waals surface area (Å²) in [5.41, 5.74) is 1.81. The van der Waals surface area contributed by atoms with Gasteiger partial charge in [0.15, 0.2) is 0 Å². The van der Waals surface area contributed by atoms with Crippen LogP contribution in [-0.4, -0.2) is 51.2 Å². The van der Waals surface area contributed by atoms with Gasteiger partial charge in [-0.2, -0.15) is 5.10 Å². The first kappa shape index (κ1) is 14.4. The van der Waals surface area contributed by atoms with Gasteiger partial charge in [-0.1, -0.05) is 0 Å². The fraction of sp³-hybridized carbons (Fsp3) is 0.625. The van der Waals surface area contributed by atoms with Gasteiger partial charge < -0.3 is 0 Å². The van der Waals surface area contributed by atoms with Crippen LogP contribution in [0.3, 0.4) is 0 Å². The summed E-state index contributed by atoms with van der Waals surface area (Å²) in [5.74, 6) is 0. The summed E-state index contributed by atoms with van der Waals surface area (Å²) >= 11 is 1.76. The number of aromatic nitrogens is 3. The van der Waals surface area contributed by atoms with Gasteiger partial charge in [0.05, 0.1) is 6.54 Å². The normalized spacial score (nSPS) is 24.2. The first-order valence-corrected chi connectivity index (χ1v) is 8.92. The van der Waals surface area contributed by atoms with Gasteiger partial charge in [-0.05, 0) is 50.9 Å². The Morgan fingerprint density at radius 3 is 2.95 bits per heavy atom. The van der Waals surface area contributed by atoms with Crippen molar-refractivity contribution in [2.75, 3.05) is 20.1 Å². The highest BCUT2D eigenvalue weighted by Gasteiger charge is 2.56. The quantitative estimate of drug-likeness (QED) is 0.919. The van der Waals surface area contributed by atoms with Crippen LogP contribution in [-0.2, 0) is 13.1 Å². The molecule has 0 radical (unpaired) electrons. The number of hydrogen-bond donors (Lipinski definition) is 1. The average molecular weight is 317 g/mol. The molecule has 0 unspecified atom stereocenters. The fourth-order valence-electron chi connectivity index (χ4n) is 3.91. The van der Waals surface area contributed by atoms with Crippen molar-refractivity contribution in [3.05, 3.63) is 34.5 Å². The zero-order valence-corrected chi connectivity index (χ0v) is 13.9. The Labute approximate surface area is 135 Å². The Kier molecular flexibility index (Phi) is 3.76. The molecule has 2 aromatic rings. The summed E-state index contributed by atoms with van der Waals surface area (Å²) in [5, 5.41) is 10.4. The summed E-state index contributed by atoms with van der Waals surface area (Å²) in [6.45, 7) is 4.43. The maximum absolute atomic E-state index is 4.41. The van der Waals surface area contributed by atoms with E-state index in [9.17, 15) is 0 Å². The van der Waals surface area contributed by atoms with Crippen molar-refractivity contribution in [2.24, 2.45) is 5.41 Å². The summed E-state index contributed by atoms with van der Waals surface area (Å²) in [6.07, 6.45) is 7.77. The topological polar surface area (TPSA) is 48.1 Å². The lowest BCUT2D eigenvalue weighted by Gasteiger charge is -2.33. The van der Waals surface area contributed by atoms with Gasteiger partial charge in [-0.15, -0.1) is 11.3 Å². The highest BCUT2D eigenvalue weighted by atomic mass is 32.1. The molecule has 0 amide bonds. The second-order valence-corrected chi connectivity index (χ2v) is 7.76. The third-order valence-electron chi connectivity index (χ3n) is 5.35. The molecule has 5 nitrogen and oxygen atoms in total. The molecule has 0 bridgehead atoms. The summed E-state index contributed by atoms with van der Waals surface area (Å²) in [6, 6.07) is 2.83. The molecule has 3 heterocycles. The zero-order valence-electron chi connectivity index (χ0n) is 13.0. The summed E-state index contributed by atoms with van der Waals surface area (Å²) in [7, 11) is 2.26. The Bertz CT molecular complexity index is 586. The van der Waals surface area contributed by atoms with Crippen molar-refractivity contribution in [1.82, 2.24) is 25.0 Å². The van der Waals surface area contributed by atoms with Gasteiger partial charge in [0.2, 0.25) is 0 Å². The fourth-order valence-corrected chi connectivity index (χ4v) is 4.59. The molecular formula is C16H23N5S. The zero-order chi connectivity index (χ0) is 15.0. The molecule has 1 aliphatic heterocycles. The van der Waals surface area contributed by atoms with E-state index in [4.69, 9.17) is 0 Å². The smallest absolute Gasteiger partial charge is 0.107 e. The molecule has 1 N–H and O–H groups in total. The van der Waals surface area contributed by atoms with Gasteiger partial charge in [0.25, 0.3) is 0 Å². The van der Waals surface area contributed by atoms with Crippen LogP contribution in [0.4, 0.5) is 0 Å². The van der Waals surface area contributed by atoms with Gasteiger partial charge in [-0.25, -0.2) is 4.98 Å². The van der Waals surface area contributed by atoms with E-state index in [0.717, 1.165) is 19.1 Å². The number of rotatable bonds is 5. The van der Waals surface area contributed by atoms with Crippen LogP contribution >= 0.6 is 11.3 Å². The average Bonchev–Trinajstić information content (AvgIpc) is 2.92. The van der Waals surface area contributed by atoms with Gasteiger partial charge in [0, 0.05) is 36.1 Å². The van der Waals surface area contributed by atoms with Gasteiger partial charge >= 0.3 is 0 Å². The highest BCUT2D eigenvalue weighted by Crippen LogP contribution is 2.56. The number of hydrogen-bond acceptors (Lipinski definition) is 5. The Morgan fingerprint density at radius 2 is 2.27 bits per heavy atom. The number of thiazole rings is 1. The maximum atomic E-state index is 4.41. The summed E-state index contributed by atoms with van der Waals surface area (Å²) in [4.78, 5) is 9.48. The number of H-pyrrole nitrogens is 1. The third kappa shape index (κ3) is 2.83. The number of nitrogens with zero attached hydrogens (tertiary/aromatic N) is 4. The van der Waals surface area contributed by atoms with Crippen LogP contribution in [0.25, 0.3) is 0 Å². The number of aromatic amines is 1. The van der Waals surface area contributed by atoms with E-state index >= 15 is 0 Å². The lowest BCUT2D eigenvalue weighted by Crippen LogP contribution is -2.37. The molecule has 2 fully saturated rings. The Hall–Kier alpha value is -1.24. The van der Waals surface area contributed by atoms with Gasteiger partial charge in [-0.3, -0.25) is 14.9 Å². The van der Waals surface area contributed by atoms with Crippen molar-refractivity contribution in [2.45, 2.75) is 38.4 Å². The third-order valence-corrected chi connectivity index (χ3v) is 6.12. The predicted octanol–water partition coefficient (Wildman–Crippen LogP) is 2.35. The Balaban J connectivity index is 1.29. The Morgan fingerprint density at radius 1 is 1.41 bits per heavy atom. The van der Waals surface area contributed by atoms with Crippen LogP contribution in [0, 0.1) is 5.41 Å². The van der Waals surface area contributed by atoms with Crippen LogP contribution in [0.2, 0.25) is 0 Å². The van der Waals surface area contributed by atoms with Crippen molar-refractivity contribution >= 4 is 11.3 Å². The molecule has 4 rings (SSSR count). The first-order chi connectivity index (χ1) is 10.8. The van der Waals surface area contributed by atoms with E-state index in [1.165, 1.54) is 43.1 Å². The molecule has 1 saturated carbocycles. The second kappa shape index (κ2) is 5.76. The predicted molar refractivity (Wildman–Crippen MR) is 87.5 cm³/mol. The van der Waals surface area contributed by atoms with E-state index < -0.39 is 0 Å². The monoisotopic (exact) mass is 317 g/mol. The SMILES string of the molecule is CN(Cc1nccs1)[C@@H]1CC12CCN(Cc1ccn[nH]1)CC2. The van der Waals surface area contributed by atoms with Crippen LogP contribution in [0.1, 0.15) is 30.0 Å². The standard InChI is InChI=1S/C16H23N5S/c1-20(12-15-17-6-9-22-15)14-10-16(14)3-7-21(8-4-16)11-13-2-5-18-19-13/h2,5-6,9,14H,3-4,7-8,10-12H2,1H3,(H,18,19)/t14-/m1/s1. The molecule has 1 saturated heterocycles. The van der Waals surface area contributed by atoms with E-state index in [1.807, 2.05) is 12.4 Å². The summed E-state index contributed by atoms with van der Waals surface area (Å²) < 4.78 is 0. The molecule has 22 heavy (non-hydrogen) atoms. The van der Waals surface area contributed by atoms with E-state index in [2.05, 4.69) is 43.5 Å². The number of likely N-dealkylation sites (tertiary alicyclic amines) is 1. The number of nitrogens with one attached hydrogen (secondary N) is 1. The molecule has 1 spiro atoms. The van der Waals surface area contributed by atoms with Crippen molar-refractivity contribution in [3.63, 3.8) is 0 Å². The molecule has 1 aliphatic carbocycles. The maximum Gasteiger partial charge on any atom is 0.107 e. The van der Waals surface area contributed by atoms with E-state index in [0.29, 0.717) is 5.41 Å². The molecule has 2 aliphatic rings. The van der Waals surface area contributed by atoms with Crippen molar-refractivity contribution in [1.29, 1.82) is 0 Å². The van der Waals surface area contributed by atoms with Crippen LogP contribution in [0.5, 0.6) is 0 Å². The minimum Gasteiger partial charge on any atom is -0.297 e. The molecule has 118 valence electrons. The second-order valence-electron chi connectivity index (χ2n) is 6.78. The lowest BCUT2D eigenvalue weighted by molar-refractivity contribution is 0.138. The number of piperidine rings is 1. The minimum absolute atomic E-state index is 0.580. The lowest BCUT2D eigenvalue weighted by atomic mass is 9.92. The van der Waals surface area contributed by atoms with E-state index in [-0.39, 0.29) is 0 Å². The molecule has 6 heteroatoms. The van der Waals surface area contributed by atoms with E-state index in [1.54, 1.807) is 11.3 Å². The van der Waals surface area contributed by atoms with Crippen LogP contribution < -0.4 is 0 Å². The highest BCUT2D eigenvalue weighted by molar-refractivity contribution is 7.09. The van der Waals surface area contributed by atoms with Crippen molar-refractivity contribution in [3.8, 4) is 0 Å².